The van der Waals surface area contributed by atoms with E-state index in [2.05, 4.69) is 10.8 Å². The standard InChI is InChI=1S/C13H12N2OS/c1-2-7-14-8-10-9-16-12-6-4-3-5-11(12)15(10)13(14)17/h1,3-6,10H,7-9H2. The number of terminal acetylenes is 1. The van der Waals surface area contributed by atoms with Gasteiger partial charge in [-0.3, -0.25) is 0 Å². The Bertz CT molecular complexity index is 508. The Morgan fingerprint density at radius 2 is 2.29 bits per heavy atom. The Balaban J connectivity index is 1.98. The average molecular weight is 244 g/mol. The molecule has 17 heavy (non-hydrogen) atoms. The van der Waals surface area contributed by atoms with Crippen molar-refractivity contribution >= 4 is 23.0 Å². The van der Waals surface area contributed by atoms with E-state index < -0.39 is 0 Å². The highest BCUT2D eigenvalue weighted by Gasteiger charge is 2.39. The number of anilines is 1. The van der Waals surface area contributed by atoms with Gasteiger partial charge in [0, 0.05) is 6.54 Å². The van der Waals surface area contributed by atoms with E-state index in [0.29, 0.717) is 13.2 Å². The molecule has 1 atom stereocenters. The molecule has 1 aromatic rings. The predicted octanol–water partition coefficient (Wildman–Crippen LogP) is 1.49. The summed E-state index contributed by atoms with van der Waals surface area (Å²) < 4.78 is 5.73. The molecule has 3 nitrogen and oxygen atoms in total. The topological polar surface area (TPSA) is 15.7 Å². The van der Waals surface area contributed by atoms with Crippen LogP contribution in [0.2, 0.25) is 0 Å². The Labute approximate surface area is 106 Å². The van der Waals surface area contributed by atoms with E-state index in [4.69, 9.17) is 23.4 Å². The molecule has 4 heteroatoms. The third-order valence-corrected chi connectivity index (χ3v) is 3.57. The molecule has 86 valence electrons. The number of hydrogen-bond acceptors (Lipinski definition) is 2. The number of fused-ring (bicyclic) bond motifs is 3. The first kappa shape index (κ1) is 10.4. The fraction of sp³-hybridized carbons (Fsp3) is 0.308. The molecule has 0 saturated carbocycles. The van der Waals surface area contributed by atoms with E-state index in [9.17, 15) is 0 Å². The highest BCUT2D eigenvalue weighted by molar-refractivity contribution is 7.80. The zero-order valence-corrected chi connectivity index (χ0v) is 10.1. The van der Waals surface area contributed by atoms with Crippen molar-refractivity contribution < 1.29 is 4.74 Å². The van der Waals surface area contributed by atoms with Crippen molar-refractivity contribution in [3.63, 3.8) is 0 Å². The summed E-state index contributed by atoms with van der Waals surface area (Å²) in [6, 6.07) is 8.26. The maximum atomic E-state index is 5.73. The monoisotopic (exact) mass is 244 g/mol. The van der Waals surface area contributed by atoms with Gasteiger partial charge < -0.3 is 14.5 Å². The van der Waals surface area contributed by atoms with Gasteiger partial charge in [0.15, 0.2) is 5.11 Å². The van der Waals surface area contributed by atoms with E-state index in [1.165, 1.54) is 0 Å². The molecule has 0 bridgehead atoms. The molecule has 1 unspecified atom stereocenters. The number of thiocarbonyl (C=S) groups is 1. The van der Waals surface area contributed by atoms with Gasteiger partial charge in [0.05, 0.1) is 18.3 Å². The van der Waals surface area contributed by atoms with Gasteiger partial charge in [0.2, 0.25) is 0 Å². The number of para-hydroxylation sites is 2. The van der Waals surface area contributed by atoms with Crippen molar-refractivity contribution in [2.24, 2.45) is 0 Å². The molecule has 2 aliphatic heterocycles. The van der Waals surface area contributed by atoms with E-state index in [0.717, 1.165) is 23.1 Å². The van der Waals surface area contributed by atoms with Gasteiger partial charge in [-0.25, -0.2) is 0 Å². The summed E-state index contributed by atoms with van der Waals surface area (Å²) >= 11 is 5.48. The van der Waals surface area contributed by atoms with Crippen molar-refractivity contribution in [3.8, 4) is 18.1 Å². The van der Waals surface area contributed by atoms with Crippen molar-refractivity contribution in [1.82, 2.24) is 4.90 Å². The van der Waals surface area contributed by atoms with Crippen LogP contribution in [0.5, 0.6) is 5.75 Å². The first-order valence-corrected chi connectivity index (χ1v) is 5.95. The van der Waals surface area contributed by atoms with Crippen LogP contribution >= 0.6 is 12.2 Å². The van der Waals surface area contributed by atoms with Gasteiger partial charge in [0.1, 0.15) is 12.4 Å². The molecule has 0 N–H and O–H groups in total. The normalized spacial score (nSPS) is 21.6. The number of ether oxygens (including phenoxy) is 1. The van der Waals surface area contributed by atoms with Gasteiger partial charge in [-0.2, -0.15) is 0 Å². The molecular weight excluding hydrogens is 232 g/mol. The van der Waals surface area contributed by atoms with E-state index in [1.807, 2.05) is 29.2 Å². The summed E-state index contributed by atoms with van der Waals surface area (Å²) in [6.07, 6.45) is 5.35. The lowest BCUT2D eigenvalue weighted by Gasteiger charge is -2.31. The predicted molar refractivity (Wildman–Crippen MR) is 71.2 cm³/mol. The number of benzene rings is 1. The Kier molecular flexibility index (Phi) is 2.41. The van der Waals surface area contributed by atoms with Gasteiger partial charge in [-0.15, -0.1) is 6.42 Å². The van der Waals surface area contributed by atoms with Crippen LogP contribution in [0.4, 0.5) is 5.69 Å². The van der Waals surface area contributed by atoms with Crippen molar-refractivity contribution in [2.45, 2.75) is 6.04 Å². The molecular formula is C13H12N2OS. The summed E-state index contributed by atoms with van der Waals surface area (Å²) in [7, 11) is 0. The lowest BCUT2D eigenvalue weighted by molar-refractivity contribution is 0.270. The third-order valence-electron chi connectivity index (χ3n) is 3.11. The van der Waals surface area contributed by atoms with Crippen LogP contribution in [0.15, 0.2) is 24.3 Å². The van der Waals surface area contributed by atoms with Crippen LogP contribution in [0.1, 0.15) is 0 Å². The van der Waals surface area contributed by atoms with E-state index in [-0.39, 0.29) is 6.04 Å². The second-order valence-corrected chi connectivity index (χ2v) is 4.53. The van der Waals surface area contributed by atoms with E-state index in [1.54, 1.807) is 0 Å². The van der Waals surface area contributed by atoms with Crippen LogP contribution in [0.3, 0.4) is 0 Å². The fourth-order valence-corrected chi connectivity index (χ4v) is 2.74. The van der Waals surface area contributed by atoms with Gasteiger partial charge in [-0.1, -0.05) is 18.1 Å². The third kappa shape index (κ3) is 1.55. The molecule has 2 heterocycles. The summed E-state index contributed by atoms with van der Waals surface area (Å²) in [5, 5.41) is 0.809. The Morgan fingerprint density at radius 1 is 1.47 bits per heavy atom. The second kappa shape index (κ2) is 3.94. The zero-order chi connectivity index (χ0) is 11.8. The van der Waals surface area contributed by atoms with Crippen molar-refractivity contribution in [1.29, 1.82) is 0 Å². The molecule has 2 aliphatic rings. The van der Waals surface area contributed by atoms with Gasteiger partial charge in [0.25, 0.3) is 0 Å². The van der Waals surface area contributed by atoms with E-state index >= 15 is 0 Å². The highest BCUT2D eigenvalue weighted by Crippen LogP contribution is 2.36. The number of rotatable bonds is 1. The van der Waals surface area contributed by atoms with Gasteiger partial charge >= 0.3 is 0 Å². The average Bonchev–Trinajstić information content (AvgIpc) is 2.67. The molecule has 1 saturated heterocycles. The minimum absolute atomic E-state index is 0.283. The smallest absolute Gasteiger partial charge is 0.177 e. The second-order valence-electron chi connectivity index (χ2n) is 4.17. The lowest BCUT2D eigenvalue weighted by Crippen LogP contribution is -2.41. The summed E-state index contributed by atoms with van der Waals surface area (Å²) in [5.41, 5.74) is 1.05. The number of hydrogen-bond donors (Lipinski definition) is 0. The molecule has 0 aromatic heterocycles. The largest absolute Gasteiger partial charge is 0.489 e. The molecule has 3 rings (SSSR count). The number of nitrogens with zero attached hydrogens (tertiary/aromatic N) is 2. The van der Waals surface area contributed by atoms with Gasteiger partial charge in [-0.05, 0) is 24.4 Å². The van der Waals surface area contributed by atoms with Crippen molar-refractivity contribution in [2.75, 3.05) is 24.6 Å². The molecule has 1 aromatic carbocycles. The quantitative estimate of drug-likeness (QED) is 0.549. The summed E-state index contributed by atoms with van der Waals surface area (Å²) in [5.74, 6) is 3.54. The Morgan fingerprint density at radius 3 is 3.12 bits per heavy atom. The highest BCUT2D eigenvalue weighted by atomic mass is 32.1. The SMILES string of the molecule is C#CCN1CC2COc3ccccc3N2C1=S. The molecule has 0 spiro atoms. The summed E-state index contributed by atoms with van der Waals surface area (Å²) in [6.45, 7) is 2.07. The first-order chi connectivity index (χ1) is 8.31. The molecule has 0 radical (unpaired) electrons. The van der Waals surface area contributed by atoms with Crippen LogP contribution in [0, 0.1) is 12.3 Å². The summed E-state index contributed by atoms with van der Waals surface area (Å²) in [4.78, 5) is 4.21. The fourth-order valence-electron chi connectivity index (χ4n) is 2.36. The minimum Gasteiger partial charge on any atom is -0.489 e. The first-order valence-electron chi connectivity index (χ1n) is 5.54. The van der Waals surface area contributed by atoms with Crippen LogP contribution in [-0.2, 0) is 0 Å². The molecule has 0 aliphatic carbocycles. The molecule has 0 amide bonds. The zero-order valence-electron chi connectivity index (χ0n) is 9.30. The van der Waals surface area contributed by atoms with Crippen molar-refractivity contribution in [3.05, 3.63) is 24.3 Å². The maximum Gasteiger partial charge on any atom is 0.177 e. The van der Waals surface area contributed by atoms with Crippen LogP contribution < -0.4 is 9.64 Å². The van der Waals surface area contributed by atoms with Crippen LogP contribution in [-0.4, -0.2) is 35.8 Å². The lowest BCUT2D eigenvalue weighted by atomic mass is 10.2. The van der Waals surface area contributed by atoms with Crippen LogP contribution in [0.25, 0.3) is 0 Å². The maximum absolute atomic E-state index is 5.73. The molecule has 1 fully saturated rings. The minimum atomic E-state index is 0.283. The Hall–Kier alpha value is -1.73.